The van der Waals surface area contributed by atoms with Gasteiger partial charge in [0.25, 0.3) is 5.91 Å². The van der Waals surface area contributed by atoms with E-state index in [4.69, 9.17) is 0 Å². The quantitative estimate of drug-likeness (QED) is 0.947. The van der Waals surface area contributed by atoms with Crippen molar-refractivity contribution < 1.29 is 14.7 Å². The Labute approximate surface area is 132 Å². The van der Waals surface area contributed by atoms with Gasteiger partial charge in [-0.05, 0) is 42.2 Å². The van der Waals surface area contributed by atoms with Crippen LogP contribution in [0.3, 0.4) is 0 Å². The van der Waals surface area contributed by atoms with E-state index in [1.54, 1.807) is 4.90 Å². The number of carbonyl (C=O) groups is 2. The minimum absolute atomic E-state index is 0.0180. The maximum absolute atomic E-state index is 12.7. The van der Waals surface area contributed by atoms with Crippen LogP contribution < -0.4 is 0 Å². The molecule has 1 saturated heterocycles. The number of carbonyl (C=O) groups excluding carboxylic acids is 1. The zero-order chi connectivity index (χ0) is 15.3. The summed E-state index contributed by atoms with van der Waals surface area (Å²) in [6.45, 7) is 0.943. The number of carboxylic acid groups (broad SMARTS) is 1. The fraction of sp³-hybridized carbons (Fsp3) is 0.412. The Bertz CT molecular complexity index is 716. The number of aliphatic carboxylic acids is 1. The summed E-state index contributed by atoms with van der Waals surface area (Å²) in [6.07, 6.45) is 2.22. The van der Waals surface area contributed by atoms with Crippen LogP contribution in [0.15, 0.2) is 30.3 Å². The lowest BCUT2D eigenvalue weighted by Gasteiger charge is -2.14. The Morgan fingerprint density at radius 3 is 2.64 bits per heavy atom. The first-order chi connectivity index (χ1) is 10.6. The molecule has 5 heteroatoms. The van der Waals surface area contributed by atoms with Crippen LogP contribution in [-0.2, 0) is 4.79 Å². The number of thiophene rings is 1. The zero-order valence-corrected chi connectivity index (χ0v) is 12.9. The van der Waals surface area contributed by atoms with Crippen LogP contribution in [0.1, 0.15) is 22.5 Å². The van der Waals surface area contributed by atoms with Crippen molar-refractivity contribution >= 4 is 33.3 Å². The van der Waals surface area contributed by atoms with Gasteiger partial charge in [-0.25, -0.2) is 0 Å². The maximum Gasteiger partial charge on any atom is 0.308 e. The molecule has 1 aromatic heterocycles. The highest BCUT2D eigenvalue weighted by Crippen LogP contribution is 2.44. The van der Waals surface area contributed by atoms with Crippen LogP contribution in [0.25, 0.3) is 10.1 Å². The van der Waals surface area contributed by atoms with Crippen LogP contribution in [0.2, 0.25) is 0 Å². The summed E-state index contributed by atoms with van der Waals surface area (Å²) in [5.74, 6) is -0.540. The predicted molar refractivity (Wildman–Crippen MR) is 85.1 cm³/mol. The molecule has 0 unspecified atom stereocenters. The van der Waals surface area contributed by atoms with Crippen molar-refractivity contribution in [3.05, 3.63) is 35.2 Å². The summed E-state index contributed by atoms with van der Waals surface area (Å²) in [4.78, 5) is 26.6. The smallest absolute Gasteiger partial charge is 0.308 e. The molecule has 114 valence electrons. The third-order valence-corrected chi connectivity index (χ3v) is 5.94. The summed E-state index contributed by atoms with van der Waals surface area (Å²) in [5, 5.41) is 10.5. The van der Waals surface area contributed by atoms with Crippen molar-refractivity contribution in [3.63, 3.8) is 0 Å². The minimum atomic E-state index is -0.761. The molecule has 0 spiro atoms. The fourth-order valence-electron chi connectivity index (χ4n) is 3.50. The van der Waals surface area contributed by atoms with Crippen molar-refractivity contribution in [3.8, 4) is 0 Å². The third-order valence-electron chi connectivity index (χ3n) is 4.83. The molecule has 2 aliphatic rings. The maximum atomic E-state index is 12.7. The summed E-state index contributed by atoms with van der Waals surface area (Å²) < 4.78 is 1.10. The first-order valence-corrected chi connectivity index (χ1v) is 8.46. The lowest BCUT2D eigenvalue weighted by molar-refractivity contribution is -0.142. The van der Waals surface area contributed by atoms with E-state index in [1.165, 1.54) is 11.3 Å². The van der Waals surface area contributed by atoms with Gasteiger partial charge in [-0.1, -0.05) is 18.2 Å². The van der Waals surface area contributed by atoms with Gasteiger partial charge in [0.2, 0.25) is 0 Å². The van der Waals surface area contributed by atoms with E-state index < -0.39 is 11.9 Å². The molecule has 2 atom stereocenters. The number of carboxylic acids is 1. The number of rotatable bonds is 3. The molecule has 4 nitrogen and oxygen atoms in total. The third kappa shape index (κ3) is 2.29. The largest absolute Gasteiger partial charge is 0.481 e. The van der Waals surface area contributed by atoms with Crippen LogP contribution in [0.4, 0.5) is 0 Å². The molecule has 0 radical (unpaired) electrons. The Morgan fingerprint density at radius 2 is 1.95 bits per heavy atom. The van der Waals surface area contributed by atoms with Gasteiger partial charge in [0.1, 0.15) is 0 Å². The van der Waals surface area contributed by atoms with E-state index in [9.17, 15) is 14.7 Å². The molecule has 1 aromatic carbocycles. The highest BCUT2D eigenvalue weighted by atomic mass is 32.1. The monoisotopic (exact) mass is 315 g/mol. The van der Waals surface area contributed by atoms with Crippen molar-refractivity contribution in [1.29, 1.82) is 0 Å². The summed E-state index contributed by atoms with van der Waals surface area (Å²) in [6, 6.07) is 9.85. The molecule has 1 aliphatic carbocycles. The molecular weight excluding hydrogens is 298 g/mol. The molecule has 2 heterocycles. The molecule has 1 saturated carbocycles. The Hall–Kier alpha value is -1.88. The van der Waals surface area contributed by atoms with E-state index in [0.717, 1.165) is 22.9 Å². The van der Waals surface area contributed by atoms with Gasteiger partial charge in [0.05, 0.1) is 10.8 Å². The number of fused-ring (bicyclic) bond motifs is 1. The van der Waals surface area contributed by atoms with Gasteiger partial charge in [-0.3, -0.25) is 9.59 Å². The summed E-state index contributed by atoms with van der Waals surface area (Å²) in [5.41, 5.74) is 0. The number of hydrogen-bond donors (Lipinski definition) is 1. The van der Waals surface area contributed by atoms with E-state index in [0.29, 0.717) is 23.9 Å². The minimum Gasteiger partial charge on any atom is -0.481 e. The van der Waals surface area contributed by atoms with E-state index in [-0.39, 0.29) is 11.8 Å². The first kappa shape index (κ1) is 13.8. The molecule has 4 rings (SSSR count). The lowest BCUT2D eigenvalue weighted by Crippen LogP contribution is -2.29. The van der Waals surface area contributed by atoms with Gasteiger partial charge < -0.3 is 10.0 Å². The summed E-state index contributed by atoms with van der Waals surface area (Å²) >= 11 is 1.49. The number of amides is 1. The van der Waals surface area contributed by atoms with Crippen molar-refractivity contribution in [2.45, 2.75) is 12.8 Å². The van der Waals surface area contributed by atoms with Crippen molar-refractivity contribution in [2.75, 3.05) is 13.1 Å². The summed E-state index contributed by atoms with van der Waals surface area (Å²) in [7, 11) is 0. The molecule has 0 bridgehead atoms. The highest BCUT2D eigenvalue weighted by molar-refractivity contribution is 7.20. The molecule has 2 aromatic rings. The van der Waals surface area contributed by atoms with Crippen LogP contribution in [0, 0.1) is 17.8 Å². The van der Waals surface area contributed by atoms with Gasteiger partial charge in [-0.15, -0.1) is 11.3 Å². The number of likely N-dealkylation sites (tertiary alicyclic amines) is 1. The second kappa shape index (κ2) is 5.09. The van der Waals surface area contributed by atoms with Crippen molar-refractivity contribution in [1.82, 2.24) is 4.90 Å². The number of nitrogens with zero attached hydrogens (tertiary/aromatic N) is 1. The number of hydrogen-bond acceptors (Lipinski definition) is 3. The Kier molecular flexibility index (Phi) is 3.18. The van der Waals surface area contributed by atoms with Crippen molar-refractivity contribution in [2.24, 2.45) is 17.8 Å². The Balaban J connectivity index is 1.58. The van der Waals surface area contributed by atoms with Crippen LogP contribution >= 0.6 is 11.3 Å². The van der Waals surface area contributed by atoms with E-state index in [1.807, 2.05) is 30.3 Å². The first-order valence-electron chi connectivity index (χ1n) is 7.64. The standard InChI is InChI=1S/C17H17NO3S/c19-16(15-7-11-3-1-2-4-14(11)22-15)18-8-12(10-5-6-10)13(9-18)17(20)21/h1-4,7,10,12-13H,5-6,8-9H2,(H,20,21)/t12-,13+/m1/s1. The second-order valence-corrected chi connectivity index (χ2v) is 7.39. The second-order valence-electron chi connectivity index (χ2n) is 6.30. The molecular formula is C17H17NO3S. The molecule has 22 heavy (non-hydrogen) atoms. The van der Waals surface area contributed by atoms with E-state index in [2.05, 4.69) is 0 Å². The highest BCUT2D eigenvalue weighted by Gasteiger charge is 2.47. The van der Waals surface area contributed by atoms with Gasteiger partial charge in [-0.2, -0.15) is 0 Å². The Morgan fingerprint density at radius 1 is 1.18 bits per heavy atom. The topological polar surface area (TPSA) is 57.6 Å². The van der Waals surface area contributed by atoms with Gasteiger partial charge in [0, 0.05) is 17.8 Å². The van der Waals surface area contributed by atoms with Crippen LogP contribution in [-0.4, -0.2) is 35.0 Å². The zero-order valence-electron chi connectivity index (χ0n) is 12.1. The van der Waals surface area contributed by atoms with Gasteiger partial charge >= 0.3 is 5.97 Å². The molecule has 1 aliphatic heterocycles. The molecule has 1 N–H and O–H groups in total. The van der Waals surface area contributed by atoms with Gasteiger partial charge in [0.15, 0.2) is 0 Å². The van der Waals surface area contributed by atoms with E-state index >= 15 is 0 Å². The SMILES string of the molecule is O=C(O)[C@H]1CN(C(=O)c2cc3ccccc3s2)C[C@@H]1C1CC1. The fourth-order valence-corrected chi connectivity index (χ4v) is 4.53. The van der Waals surface area contributed by atoms with Crippen LogP contribution in [0.5, 0.6) is 0 Å². The average Bonchev–Trinajstić information content (AvgIpc) is 3.11. The predicted octanol–water partition coefficient (Wildman–Crippen LogP) is 3.08. The normalized spacial score (nSPS) is 24.8. The lowest BCUT2D eigenvalue weighted by atomic mass is 9.92. The molecule has 1 amide bonds. The average molecular weight is 315 g/mol. The molecule has 2 fully saturated rings. The number of benzene rings is 1.